The third-order valence-electron chi connectivity index (χ3n) is 5.01. The fourth-order valence-electron chi connectivity index (χ4n) is 3.47. The van der Waals surface area contributed by atoms with Crippen molar-refractivity contribution in [3.8, 4) is 10.6 Å². The Bertz CT molecular complexity index is 1380. The minimum atomic E-state index is -3.79. The number of imidazole rings is 1. The molecule has 0 saturated carbocycles. The zero-order valence-electron chi connectivity index (χ0n) is 17.7. The summed E-state index contributed by atoms with van der Waals surface area (Å²) in [5.74, 6) is 0.672. The highest BCUT2D eigenvalue weighted by Gasteiger charge is 2.15. The van der Waals surface area contributed by atoms with E-state index < -0.39 is 10.0 Å². The molecule has 0 fully saturated rings. The average molecular weight is 490 g/mol. The zero-order chi connectivity index (χ0) is 22.9. The van der Waals surface area contributed by atoms with Crippen LogP contribution in [0.4, 0.5) is 0 Å². The normalized spacial score (nSPS) is 11.8. The van der Waals surface area contributed by atoms with Gasteiger partial charge in [0.15, 0.2) is 0 Å². The Hall–Kier alpha value is -2.60. The Morgan fingerprint density at radius 2 is 2.03 bits per heavy atom. The molecule has 32 heavy (non-hydrogen) atoms. The average Bonchev–Trinajstić information content (AvgIpc) is 3.47. The van der Waals surface area contributed by atoms with E-state index in [1.165, 1.54) is 12.1 Å². The van der Waals surface area contributed by atoms with Gasteiger partial charge in [-0.3, -0.25) is 4.79 Å². The lowest BCUT2D eigenvalue weighted by Gasteiger charge is -2.07. The zero-order valence-corrected chi connectivity index (χ0v) is 20.1. The largest absolute Gasteiger partial charge is 0.351 e. The van der Waals surface area contributed by atoms with Crippen LogP contribution in [0.25, 0.3) is 21.6 Å². The Labute approximate surface area is 194 Å². The minimum Gasteiger partial charge on any atom is -0.351 e. The van der Waals surface area contributed by atoms with Crippen molar-refractivity contribution >= 4 is 49.6 Å². The number of fused-ring (bicyclic) bond motifs is 1. The maximum Gasteiger partial charge on any atom is 0.238 e. The van der Waals surface area contributed by atoms with Crippen LogP contribution in [0.2, 0.25) is 0 Å². The molecule has 0 aliphatic rings. The smallest absolute Gasteiger partial charge is 0.238 e. The number of nitrogens with one attached hydrogen (secondary N) is 1. The van der Waals surface area contributed by atoms with E-state index in [2.05, 4.69) is 15.3 Å². The van der Waals surface area contributed by atoms with Crippen molar-refractivity contribution in [3.05, 3.63) is 51.4 Å². The first-order chi connectivity index (χ1) is 15.2. The van der Waals surface area contributed by atoms with Crippen LogP contribution in [0.5, 0.6) is 0 Å². The molecule has 0 unspecified atom stereocenters. The topological polar surface area (TPSA) is 120 Å². The first kappa shape index (κ1) is 22.6. The Balaban J connectivity index is 1.39. The van der Waals surface area contributed by atoms with Crippen molar-refractivity contribution in [2.45, 2.75) is 44.7 Å². The number of carbonyl (C=O) groups excluding carboxylic acids is 1. The van der Waals surface area contributed by atoms with Crippen LogP contribution in [0, 0.1) is 6.92 Å². The fraction of sp³-hybridized carbons (Fsp3) is 0.286. The number of thiophene rings is 1. The van der Waals surface area contributed by atoms with Crippen molar-refractivity contribution < 1.29 is 13.2 Å². The molecule has 0 aliphatic heterocycles. The van der Waals surface area contributed by atoms with Crippen molar-refractivity contribution in [2.24, 2.45) is 5.14 Å². The lowest BCUT2D eigenvalue weighted by molar-refractivity contribution is -0.121. The molecule has 8 nitrogen and oxygen atoms in total. The van der Waals surface area contributed by atoms with Crippen LogP contribution < -0.4 is 10.5 Å². The van der Waals surface area contributed by atoms with E-state index in [4.69, 9.17) is 5.14 Å². The third kappa shape index (κ3) is 4.90. The van der Waals surface area contributed by atoms with Gasteiger partial charge in [0.25, 0.3) is 0 Å². The summed E-state index contributed by atoms with van der Waals surface area (Å²) in [5.41, 5.74) is 2.34. The van der Waals surface area contributed by atoms with E-state index in [-0.39, 0.29) is 17.2 Å². The predicted octanol–water partition coefficient (Wildman–Crippen LogP) is 3.45. The van der Waals surface area contributed by atoms with Crippen LogP contribution in [0.1, 0.15) is 29.1 Å². The number of aryl methyl sites for hydroxylation is 3. The highest BCUT2D eigenvalue weighted by atomic mass is 32.2. The van der Waals surface area contributed by atoms with Gasteiger partial charge in [-0.25, -0.2) is 23.5 Å². The summed E-state index contributed by atoms with van der Waals surface area (Å²) in [5, 5.41) is 11.3. The molecule has 0 spiro atoms. The van der Waals surface area contributed by atoms with Gasteiger partial charge in [-0.2, -0.15) is 0 Å². The number of amides is 1. The standard InChI is InChI=1S/C21H23N5O3S3/c1-3-26-18-6-5-15(32(22,28)29)10-16(18)25-20(26)8-9-21(27)23-11-14-4-7-19(31-14)17-12-30-13(2)24-17/h4-7,10,12H,3,8-9,11H2,1-2H3,(H,23,27)(H2,22,28,29). The van der Waals surface area contributed by atoms with Crippen molar-refractivity contribution in [1.82, 2.24) is 19.9 Å². The van der Waals surface area contributed by atoms with Gasteiger partial charge in [0.2, 0.25) is 15.9 Å². The summed E-state index contributed by atoms with van der Waals surface area (Å²) in [4.78, 5) is 23.6. The second-order valence-electron chi connectivity index (χ2n) is 7.26. The number of sulfonamides is 1. The summed E-state index contributed by atoms with van der Waals surface area (Å²) in [6, 6.07) is 8.69. The Morgan fingerprint density at radius 3 is 2.72 bits per heavy atom. The number of nitrogens with zero attached hydrogens (tertiary/aromatic N) is 3. The van der Waals surface area contributed by atoms with Gasteiger partial charge in [-0.05, 0) is 44.2 Å². The molecule has 1 amide bonds. The SMILES string of the molecule is CCn1c(CCC(=O)NCc2ccc(-c3csc(C)n3)s2)nc2cc(S(N)(=O)=O)ccc21. The fourth-order valence-corrected chi connectivity index (χ4v) is 5.60. The highest BCUT2D eigenvalue weighted by molar-refractivity contribution is 7.89. The predicted molar refractivity (Wildman–Crippen MR) is 127 cm³/mol. The van der Waals surface area contributed by atoms with Crippen LogP contribution in [0.15, 0.2) is 40.6 Å². The van der Waals surface area contributed by atoms with Crippen molar-refractivity contribution in [2.75, 3.05) is 0 Å². The van der Waals surface area contributed by atoms with Crippen molar-refractivity contribution in [1.29, 1.82) is 0 Å². The van der Waals surface area contributed by atoms with Gasteiger partial charge in [0.05, 0.1) is 38.1 Å². The summed E-state index contributed by atoms with van der Waals surface area (Å²) in [7, 11) is -3.79. The molecule has 4 rings (SSSR count). The molecule has 3 heterocycles. The van der Waals surface area contributed by atoms with Crippen LogP contribution in [0.3, 0.4) is 0 Å². The van der Waals surface area contributed by atoms with E-state index in [0.717, 1.165) is 31.8 Å². The van der Waals surface area contributed by atoms with Crippen LogP contribution >= 0.6 is 22.7 Å². The lowest BCUT2D eigenvalue weighted by Crippen LogP contribution is -2.23. The number of hydrogen-bond acceptors (Lipinski definition) is 7. The molecular weight excluding hydrogens is 466 g/mol. The number of benzene rings is 1. The highest BCUT2D eigenvalue weighted by Crippen LogP contribution is 2.29. The molecule has 0 atom stereocenters. The molecule has 0 saturated heterocycles. The summed E-state index contributed by atoms with van der Waals surface area (Å²) in [6.45, 7) is 5.09. The Morgan fingerprint density at radius 1 is 1.22 bits per heavy atom. The summed E-state index contributed by atoms with van der Waals surface area (Å²) >= 11 is 3.24. The lowest BCUT2D eigenvalue weighted by atomic mass is 10.2. The van der Waals surface area contributed by atoms with Gasteiger partial charge in [0, 0.05) is 29.6 Å². The molecular formula is C21H23N5O3S3. The summed E-state index contributed by atoms with van der Waals surface area (Å²) < 4.78 is 25.2. The third-order valence-corrected chi connectivity index (χ3v) is 7.80. The van der Waals surface area contributed by atoms with E-state index in [9.17, 15) is 13.2 Å². The van der Waals surface area contributed by atoms with Crippen LogP contribution in [-0.2, 0) is 34.3 Å². The minimum absolute atomic E-state index is 0.0261. The van der Waals surface area contributed by atoms with Gasteiger partial charge >= 0.3 is 0 Å². The molecule has 3 aromatic heterocycles. The molecule has 4 aromatic rings. The van der Waals surface area contributed by atoms with Crippen LogP contribution in [-0.4, -0.2) is 28.9 Å². The number of rotatable bonds is 8. The number of nitrogens with two attached hydrogens (primary N) is 1. The molecule has 0 aliphatic carbocycles. The van der Waals surface area contributed by atoms with Gasteiger partial charge in [0.1, 0.15) is 5.82 Å². The molecule has 168 valence electrons. The van der Waals surface area contributed by atoms with Crippen molar-refractivity contribution in [3.63, 3.8) is 0 Å². The molecule has 0 bridgehead atoms. The maximum absolute atomic E-state index is 12.4. The number of thiazole rings is 1. The van der Waals surface area contributed by atoms with E-state index >= 15 is 0 Å². The molecule has 0 radical (unpaired) electrons. The second kappa shape index (κ2) is 9.10. The number of hydrogen-bond donors (Lipinski definition) is 2. The number of aromatic nitrogens is 3. The Kier molecular flexibility index (Phi) is 6.42. The second-order valence-corrected chi connectivity index (χ2v) is 11.1. The monoisotopic (exact) mass is 489 g/mol. The molecule has 1 aromatic carbocycles. The van der Waals surface area contributed by atoms with Gasteiger partial charge in [-0.1, -0.05) is 0 Å². The quantitative estimate of drug-likeness (QED) is 0.393. The van der Waals surface area contributed by atoms with Gasteiger partial charge in [-0.15, -0.1) is 22.7 Å². The molecule has 3 N–H and O–H groups in total. The molecule has 11 heteroatoms. The first-order valence-corrected chi connectivity index (χ1v) is 13.3. The van der Waals surface area contributed by atoms with Gasteiger partial charge < -0.3 is 9.88 Å². The van der Waals surface area contributed by atoms with E-state index in [0.29, 0.717) is 25.0 Å². The van der Waals surface area contributed by atoms with E-state index in [1.807, 2.05) is 35.9 Å². The first-order valence-electron chi connectivity index (χ1n) is 10.0. The summed E-state index contributed by atoms with van der Waals surface area (Å²) in [6.07, 6.45) is 0.738. The number of primary sulfonamides is 1. The van der Waals surface area contributed by atoms with E-state index in [1.54, 1.807) is 28.7 Å². The number of carbonyl (C=O) groups is 1. The maximum atomic E-state index is 12.4.